The number of morpholine rings is 1. The topological polar surface area (TPSA) is 71.1 Å². The standard InChI is InChI=1S/C23H29N3O4/c1-4-11-25(2)18-7-5-17(6-8-18)22(27)24-21-10-9-19(16-20(21)23(28)29-3)26-12-14-30-15-13-26/h5-10,16H,4,11-15H2,1-3H3,(H,24,27). The second-order valence-corrected chi connectivity index (χ2v) is 7.24. The normalized spacial score (nSPS) is 13.6. The Labute approximate surface area is 177 Å². The van der Waals surface area contributed by atoms with Gasteiger partial charge in [-0.2, -0.15) is 0 Å². The number of amides is 1. The van der Waals surface area contributed by atoms with E-state index < -0.39 is 5.97 Å². The average Bonchev–Trinajstić information content (AvgIpc) is 2.79. The van der Waals surface area contributed by atoms with E-state index >= 15 is 0 Å². The summed E-state index contributed by atoms with van der Waals surface area (Å²) in [6.45, 7) is 5.88. The van der Waals surface area contributed by atoms with E-state index in [1.807, 2.05) is 25.2 Å². The van der Waals surface area contributed by atoms with Crippen molar-refractivity contribution in [1.82, 2.24) is 0 Å². The lowest BCUT2D eigenvalue weighted by molar-refractivity contribution is 0.0602. The lowest BCUT2D eigenvalue weighted by Crippen LogP contribution is -2.36. The molecule has 0 unspecified atom stereocenters. The molecule has 1 aliphatic heterocycles. The summed E-state index contributed by atoms with van der Waals surface area (Å²) in [6.07, 6.45) is 1.05. The number of methoxy groups -OCH3 is 1. The van der Waals surface area contributed by atoms with Crippen molar-refractivity contribution in [3.63, 3.8) is 0 Å². The molecule has 30 heavy (non-hydrogen) atoms. The zero-order valence-electron chi connectivity index (χ0n) is 17.8. The molecular weight excluding hydrogens is 382 g/mol. The largest absolute Gasteiger partial charge is 0.465 e. The van der Waals surface area contributed by atoms with Gasteiger partial charge in [0, 0.05) is 43.6 Å². The highest BCUT2D eigenvalue weighted by Gasteiger charge is 2.19. The Balaban J connectivity index is 1.79. The molecule has 2 aromatic carbocycles. The molecule has 0 radical (unpaired) electrons. The van der Waals surface area contributed by atoms with Crippen molar-refractivity contribution in [2.45, 2.75) is 13.3 Å². The van der Waals surface area contributed by atoms with Gasteiger partial charge in [-0.05, 0) is 48.9 Å². The number of ether oxygens (including phenoxy) is 2. The van der Waals surface area contributed by atoms with Gasteiger partial charge in [-0.3, -0.25) is 4.79 Å². The Morgan fingerprint density at radius 2 is 1.83 bits per heavy atom. The predicted molar refractivity (Wildman–Crippen MR) is 119 cm³/mol. The van der Waals surface area contributed by atoms with Crippen LogP contribution >= 0.6 is 0 Å². The molecule has 1 saturated heterocycles. The number of carbonyl (C=O) groups excluding carboxylic acids is 2. The Morgan fingerprint density at radius 3 is 2.47 bits per heavy atom. The highest BCUT2D eigenvalue weighted by Crippen LogP contribution is 2.26. The number of benzene rings is 2. The summed E-state index contributed by atoms with van der Waals surface area (Å²) in [4.78, 5) is 29.4. The van der Waals surface area contributed by atoms with Crippen LogP contribution in [-0.4, -0.2) is 58.9 Å². The van der Waals surface area contributed by atoms with Crippen LogP contribution in [0.2, 0.25) is 0 Å². The van der Waals surface area contributed by atoms with Gasteiger partial charge in [-0.25, -0.2) is 4.79 Å². The van der Waals surface area contributed by atoms with Gasteiger partial charge in [0.15, 0.2) is 0 Å². The van der Waals surface area contributed by atoms with Crippen LogP contribution in [0.4, 0.5) is 17.1 Å². The number of esters is 1. The third kappa shape index (κ3) is 5.10. The van der Waals surface area contributed by atoms with Crippen LogP contribution in [-0.2, 0) is 9.47 Å². The third-order valence-corrected chi connectivity index (χ3v) is 5.16. The fourth-order valence-electron chi connectivity index (χ4n) is 3.46. The van der Waals surface area contributed by atoms with Crippen molar-refractivity contribution in [2.75, 3.05) is 62.1 Å². The predicted octanol–water partition coefficient (Wildman–Crippen LogP) is 3.41. The maximum absolute atomic E-state index is 12.8. The molecule has 0 bridgehead atoms. The summed E-state index contributed by atoms with van der Waals surface area (Å²) >= 11 is 0. The van der Waals surface area contributed by atoms with E-state index in [0.29, 0.717) is 30.0 Å². The number of nitrogens with one attached hydrogen (secondary N) is 1. The van der Waals surface area contributed by atoms with Crippen molar-refractivity contribution in [1.29, 1.82) is 0 Å². The van der Waals surface area contributed by atoms with E-state index in [1.54, 1.807) is 24.3 Å². The van der Waals surface area contributed by atoms with Gasteiger partial charge in [0.1, 0.15) is 0 Å². The lowest BCUT2D eigenvalue weighted by atomic mass is 10.1. The van der Waals surface area contributed by atoms with E-state index in [4.69, 9.17) is 9.47 Å². The minimum atomic E-state index is -0.489. The van der Waals surface area contributed by atoms with Gasteiger partial charge in [0.25, 0.3) is 5.91 Å². The van der Waals surface area contributed by atoms with Crippen molar-refractivity contribution in [2.24, 2.45) is 0 Å². The van der Waals surface area contributed by atoms with Gasteiger partial charge >= 0.3 is 5.97 Å². The monoisotopic (exact) mass is 411 g/mol. The smallest absolute Gasteiger partial charge is 0.340 e. The molecule has 0 atom stereocenters. The number of hydrogen-bond acceptors (Lipinski definition) is 6. The summed E-state index contributed by atoms with van der Waals surface area (Å²) in [5, 5.41) is 2.85. The van der Waals surface area contributed by atoms with Crippen LogP contribution in [0.5, 0.6) is 0 Å². The summed E-state index contributed by atoms with van der Waals surface area (Å²) in [5.41, 5.74) is 3.24. The van der Waals surface area contributed by atoms with E-state index in [-0.39, 0.29) is 5.91 Å². The van der Waals surface area contributed by atoms with Crippen molar-refractivity contribution >= 4 is 28.9 Å². The van der Waals surface area contributed by atoms with Crippen LogP contribution in [0.15, 0.2) is 42.5 Å². The fraction of sp³-hybridized carbons (Fsp3) is 0.391. The molecule has 1 N–H and O–H groups in total. The van der Waals surface area contributed by atoms with Crippen molar-refractivity contribution in [3.8, 4) is 0 Å². The van der Waals surface area contributed by atoms with Crippen LogP contribution in [0.1, 0.15) is 34.1 Å². The third-order valence-electron chi connectivity index (χ3n) is 5.16. The summed E-state index contributed by atoms with van der Waals surface area (Å²) in [5.74, 6) is -0.763. The highest BCUT2D eigenvalue weighted by atomic mass is 16.5. The first-order valence-corrected chi connectivity index (χ1v) is 10.2. The molecule has 1 heterocycles. The molecule has 3 rings (SSSR count). The molecule has 1 fully saturated rings. The van der Waals surface area contributed by atoms with Crippen molar-refractivity contribution in [3.05, 3.63) is 53.6 Å². The second-order valence-electron chi connectivity index (χ2n) is 7.24. The second kappa shape index (κ2) is 10.1. The van der Waals surface area contributed by atoms with Crippen LogP contribution in [0.3, 0.4) is 0 Å². The number of nitrogens with zero attached hydrogens (tertiary/aromatic N) is 2. The summed E-state index contributed by atoms with van der Waals surface area (Å²) in [7, 11) is 3.36. The average molecular weight is 412 g/mol. The lowest BCUT2D eigenvalue weighted by Gasteiger charge is -2.29. The zero-order chi connectivity index (χ0) is 21.5. The minimum Gasteiger partial charge on any atom is -0.465 e. The fourth-order valence-corrected chi connectivity index (χ4v) is 3.46. The Morgan fingerprint density at radius 1 is 1.13 bits per heavy atom. The maximum Gasteiger partial charge on any atom is 0.340 e. The number of carbonyl (C=O) groups is 2. The number of rotatable bonds is 7. The first kappa shape index (κ1) is 21.6. The van der Waals surface area contributed by atoms with Gasteiger partial charge < -0.3 is 24.6 Å². The van der Waals surface area contributed by atoms with Crippen LogP contribution in [0.25, 0.3) is 0 Å². The summed E-state index contributed by atoms with van der Waals surface area (Å²) < 4.78 is 10.3. The molecule has 160 valence electrons. The van der Waals surface area contributed by atoms with E-state index in [1.165, 1.54) is 7.11 Å². The summed E-state index contributed by atoms with van der Waals surface area (Å²) in [6, 6.07) is 12.8. The quantitative estimate of drug-likeness (QED) is 0.704. The number of anilines is 3. The van der Waals surface area contributed by atoms with E-state index in [9.17, 15) is 9.59 Å². The molecule has 7 nitrogen and oxygen atoms in total. The Hall–Kier alpha value is -3.06. The zero-order valence-corrected chi connectivity index (χ0v) is 17.8. The molecule has 1 amide bonds. The molecule has 0 aliphatic carbocycles. The van der Waals surface area contributed by atoms with Crippen LogP contribution in [0, 0.1) is 0 Å². The van der Waals surface area contributed by atoms with Crippen LogP contribution < -0.4 is 15.1 Å². The van der Waals surface area contributed by atoms with Gasteiger partial charge in [-0.15, -0.1) is 0 Å². The first-order chi connectivity index (χ1) is 14.5. The molecule has 0 aromatic heterocycles. The molecule has 7 heteroatoms. The van der Waals surface area contributed by atoms with Gasteiger partial charge in [-0.1, -0.05) is 6.92 Å². The highest BCUT2D eigenvalue weighted by molar-refractivity contribution is 6.08. The van der Waals surface area contributed by atoms with E-state index in [0.717, 1.165) is 37.4 Å². The Kier molecular flexibility index (Phi) is 7.30. The molecule has 0 spiro atoms. The molecule has 2 aromatic rings. The number of hydrogen-bond donors (Lipinski definition) is 1. The molecular formula is C23H29N3O4. The molecule has 1 aliphatic rings. The van der Waals surface area contributed by atoms with Gasteiger partial charge in [0.2, 0.25) is 0 Å². The minimum absolute atomic E-state index is 0.274. The van der Waals surface area contributed by atoms with E-state index in [2.05, 4.69) is 22.0 Å². The Bertz CT molecular complexity index is 877. The van der Waals surface area contributed by atoms with Crippen molar-refractivity contribution < 1.29 is 19.1 Å². The maximum atomic E-state index is 12.8. The first-order valence-electron chi connectivity index (χ1n) is 10.2. The van der Waals surface area contributed by atoms with Gasteiger partial charge in [0.05, 0.1) is 31.6 Å². The SMILES string of the molecule is CCCN(C)c1ccc(C(=O)Nc2ccc(N3CCOCC3)cc2C(=O)OC)cc1. The molecule has 0 saturated carbocycles.